The van der Waals surface area contributed by atoms with E-state index in [0.717, 1.165) is 6.42 Å². The number of anilines is 1. The second-order valence-corrected chi connectivity index (χ2v) is 4.32. The highest BCUT2D eigenvalue weighted by molar-refractivity contribution is 5.69. The van der Waals surface area contributed by atoms with Crippen LogP contribution in [0, 0.1) is 6.92 Å². The molecule has 0 aromatic heterocycles. The summed E-state index contributed by atoms with van der Waals surface area (Å²) in [6.07, 6.45) is 5.54. The molecule has 0 atom stereocenters. The fourth-order valence-corrected chi connectivity index (χ4v) is 1.94. The predicted octanol–water partition coefficient (Wildman–Crippen LogP) is 4.80. The molecule has 0 aliphatic carbocycles. The summed E-state index contributed by atoms with van der Waals surface area (Å²) < 4.78 is 0. The van der Waals surface area contributed by atoms with Gasteiger partial charge in [-0.2, -0.15) is 0 Å². The van der Waals surface area contributed by atoms with E-state index in [2.05, 4.69) is 63.4 Å². The molecule has 1 aromatic carbocycles. The van der Waals surface area contributed by atoms with E-state index in [1.165, 1.54) is 28.0 Å². The van der Waals surface area contributed by atoms with Crippen LogP contribution in [0.4, 0.5) is 5.69 Å². The van der Waals surface area contributed by atoms with Gasteiger partial charge < -0.3 is 5.32 Å². The lowest BCUT2D eigenvalue weighted by atomic mass is 10.0. The van der Waals surface area contributed by atoms with E-state index in [-0.39, 0.29) is 0 Å². The quantitative estimate of drug-likeness (QED) is 0.731. The molecule has 0 saturated carbocycles. The summed E-state index contributed by atoms with van der Waals surface area (Å²) in [7, 11) is 1.96. The van der Waals surface area contributed by atoms with Gasteiger partial charge in [-0.05, 0) is 56.0 Å². The number of hydrogen-bond acceptors (Lipinski definition) is 1. The van der Waals surface area contributed by atoms with Crippen LogP contribution in [0.3, 0.4) is 0 Å². The molecule has 0 aliphatic heterocycles. The van der Waals surface area contributed by atoms with Gasteiger partial charge in [-0.25, -0.2) is 0 Å². The van der Waals surface area contributed by atoms with Gasteiger partial charge in [0.05, 0.1) is 0 Å². The largest absolute Gasteiger partial charge is 0.388 e. The van der Waals surface area contributed by atoms with Crippen LogP contribution in [0.5, 0.6) is 0 Å². The van der Waals surface area contributed by atoms with Crippen molar-refractivity contribution >= 4 is 11.3 Å². The molecule has 0 saturated heterocycles. The molecule has 0 bridgehead atoms. The molecule has 0 spiro atoms. The minimum absolute atomic E-state index is 1.08. The number of benzene rings is 1. The molecule has 0 heterocycles. The zero-order valence-electron chi connectivity index (χ0n) is 11.6. The molecule has 1 rings (SSSR count). The number of aryl methyl sites for hydroxylation is 1. The van der Waals surface area contributed by atoms with Crippen molar-refractivity contribution < 1.29 is 0 Å². The third-order valence-corrected chi connectivity index (χ3v) is 3.13. The van der Waals surface area contributed by atoms with Crippen LogP contribution in [-0.4, -0.2) is 7.05 Å². The van der Waals surface area contributed by atoms with Crippen molar-refractivity contribution in [1.29, 1.82) is 0 Å². The average molecular weight is 229 g/mol. The maximum Gasteiger partial charge on any atom is 0.0367 e. The summed E-state index contributed by atoms with van der Waals surface area (Å²) in [5, 5.41) is 3.19. The van der Waals surface area contributed by atoms with E-state index in [1.807, 2.05) is 7.05 Å². The summed E-state index contributed by atoms with van der Waals surface area (Å²) in [6.45, 7) is 8.60. The van der Waals surface area contributed by atoms with Gasteiger partial charge in [0.2, 0.25) is 0 Å². The monoisotopic (exact) mass is 229 g/mol. The highest BCUT2D eigenvalue weighted by atomic mass is 14.8. The van der Waals surface area contributed by atoms with Gasteiger partial charge in [0.15, 0.2) is 0 Å². The first kappa shape index (κ1) is 13.6. The van der Waals surface area contributed by atoms with Crippen molar-refractivity contribution in [3.63, 3.8) is 0 Å². The van der Waals surface area contributed by atoms with Crippen molar-refractivity contribution in [3.05, 3.63) is 47.1 Å². The third-order valence-electron chi connectivity index (χ3n) is 3.13. The standard InChI is InChI=1S/C16H23N/c1-6-14(7-2)10-12(3)15-8-9-16(17-5)13(4)11-15/h6,8-11,17H,7H2,1-5H3/b12-10+,14-6+. The van der Waals surface area contributed by atoms with Crippen LogP contribution in [0.1, 0.15) is 38.3 Å². The van der Waals surface area contributed by atoms with Crippen LogP contribution < -0.4 is 5.32 Å². The second kappa shape index (κ2) is 6.29. The van der Waals surface area contributed by atoms with Gasteiger partial charge in [0.25, 0.3) is 0 Å². The van der Waals surface area contributed by atoms with Crippen LogP contribution in [0.2, 0.25) is 0 Å². The molecule has 92 valence electrons. The Bertz CT molecular complexity index is 439. The Labute approximate surface area is 105 Å². The van der Waals surface area contributed by atoms with Gasteiger partial charge in [0.1, 0.15) is 0 Å². The number of allylic oxidation sites excluding steroid dienone is 4. The van der Waals surface area contributed by atoms with E-state index in [4.69, 9.17) is 0 Å². The highest BCUT2D eigenvalue weighted by Crippen LogP contribution is 2.22. The maximum atomic E-state index is 3.19. The topological polar surface area (TPSA) is 12.0 Å². The summed E-state index contributed by atoms with van der Waals surface area (Å²) in [4.78, 5) is 0. The van der Waals surface area contributed by atoms with Crippen molar-refractivity contribution in [1.82, 2.24) is 0 Å². The Hall–Kier alpha value is -1.50. The summed E-state index contributed by atoms with van der Waals surface area (Å²) in [6, 6.07) is 6.55. The first-order chi connectivity index (χ1) is 8.12. The van der Waals surface area contributed by atoms with Crippen LogP contribution in [0.15, 0.2) is 35.9 Å². The van der Waals surface area contributed by atoms with Crippen molar-refractivity contribution in [2.45, 2.75) is 34.1 Å². The molecule has 1 nitrogen and oxygen atoms in total. The fraction of sp³-hybridized carbons (Fsp3) is 0.375. The lowest BCUT2D eigenvalue weighted by Crippen LogP contribution is -1.92. The first-order valence-electron chi connectivity index (χ1n) is 6.24. The Balaban J connectivity index is 3.05. The lowest BCUT2D eigenvalue weighted by molar-refractivity contribution is 1.14. The Kier molecular flexibility index (Phi) is 5.02. The fourth-order valence-electron chi connectivity index (χ4n) is 1.94. The van der Waals surface area contributed by atoms with Gasteiger partial charge in [0, 0.05) is 12.7 Å². The smallest absolute Gasteiger partial charge is 0.0367 e. The lowest BCUT2D eigenvalue weighted by Gasteiger charge is -2.09. The third kappa shape index (κ3) is 3.48. The SMILES string of the molecule is C/C=C(/C=C(\C)c1ccc(NC)c(C)c1)CC. The maximum absolute atomic E-state index is 3.19. The molecular weight excluding hydrogens is 206 g/mol. The van der Waals surface area contributed by atoms with E-state index < -0.39 is 0 Å². The van der Waals surface area contributed by atoms with E-state index >= 15 is 0 Å². The molecule has 1 N–H and O–H groups in total. The number of hydrogen-bond donors (Lipinski definition) is 1. The van der Waals surface area contributed by atoms with Gasteiger partial charge in [-0.3, -0.25) is 0 Å². The van der Waals surface area contributed by atoms with Crippen LogP contribution in [-0.2, 0) is 0 Å². The molecule has 1 heteroatoms. The summed E-state index contributed by atoms with van der Waals surface area (Å²) in [5.74, 6) is 0. The minimum Gasteiger partial charge on any atom is -0.388 e. The van der Waals surface area contributed by atoms with E-state index in [9.17, 15) is 0 Å². The first-order valence-corrected chi connectivity index (χ1v) is 6.24. The Morgan fingerprint density at radius 2 is 2.06 bits per heavy atom. The normalized spacial score (nSPS) is 12.8. The van der Waals surface area contributed by atoms with Crippen LogP contribution >= 0.6 is 0 Å². The van der Waals surface area contributed by atoms with Gasteiger partial charge >= 0.3 is 0 Å². The average Bonchev–Trinajstić information content (AvgIpc) is 2.35. The zero-order valence-corrected chi connectivity index (χ0v) is 11.6. The number of rotatable bonds is 4. The molecule has 0 fully saturated rings. The van der Waals surface area contributed by atoms with Crippen molar-refractivity contribution in [3.8, 4) is 0 Å². The Morgan fingerprint density at radius 3 is 2.53 bits per heavy atom. The molecular formula is C16H23N. The molecule has 0 unspecified atom stereocenters. The van der Waals surface area contributed by atoms with E-state index in [0.29, 0.717) is 0 Å². The molecule has 0 aliphatic rings. The van der Waals surface area contributed by atoms with Crippen LogP contribution in [0.25, 0.3) is 5.57 Å². The highest BCUT2D eigenvalue weighted by Gasteiger charge is 2.00. The summed E-state index contributed by atoms with van der Waals surface area (Å²) >= 11 is 0. The summed E-state index contributed by atoms with van der Waals surface area (Å²) in [5.41, 5.74) is 6.50. The van der Waals surface area contributed by atoms with E-state index in [1.54, 1.807) is 0 Å². The van der Waals surface area contributed by atoms with Gasteiger partial charge in [-0.1, -0.05) is 30.7 Å². The molecule has 0 radical (unpaired) electrons. The Morgan fingerprint density at radius 1 is 1.35 bits per heavy atom. The molecule has 1 aromatic rings. The predicted molar refractivity (Wildman–Crippen MR) is 78.4 cm³/mol. The minimum atomic E-state index is 1.08. The molecule has 17 heavy (non-hydrogen) atoms. The molecule has 0 amide bonds. The zero-order chi connectivity index (χ0) is 12.8. The van der Waals surface area contributed by atoms with Gasteiger partial charge in [-0.15, -0.1) is 0 Å². The number of nitrogens with one attached hydrogen (secondary N) is 1. The second-order valence-electron chi connectivity index (χ2n) is 4.32. The van der Waals surface area contributed by atoms with Crippen molar-refractivity contribution in [2.75, 3.05) is 12.4 Å². The van der Waals surface area contributed by atoms with Crippen molar-refractivity contribution in [2.24, 2.45) is 0 Å².